The molecule has 2 rings (SSSR count). The molecule has 0 unspecified atom stereocenters. The molecule has 0 aromatic carbocycles. The van der Waals surface area contributed by atoms with E-state index in [1.54, 1.807) is 7.05 Å². The van der Waals surface area contributed by atoms with Gasteiger partial charge in [0, 0.05) is 26.0 Å². The molecule has 25 heavy (non-hydrogen) atoms. The van der Waals surface area contributed by atoms with Crippen LogP contribution in [0.5, 0.6) is 0 Å². The molecule has 0 bridgehead atoms. The molecule has 0 radical (unpaired) electrons. The Balaban J connectivity index is 0.00000312. The fourth-order valence-electron chi connectivity index (χ4n) is 3.76. The molecule has 1 saturated carbocycles. The Morgan fingerprint density at radius 1 is 1.32 bits per heavy atom. The highest BCUT2D eigenvalue weighted by atomic mass is 127. The third-order valence-corrected chi connectivity index (χ3v) is 4.73. The first-order valence-corrected chi connectivity index (χ1v) is 8.70. The number of rotatable bonds is 7. The van der Waals surface area contributed by atoms with E-state index < -0.39 is 6.55 Å². The molecule has 1 aromatic rings. The monoisotopic (exact) mass is 469 g/mol. The minimum Gasteiger partial charge on any atom is -0.356 e. The number of nitrogens with one attached hydrogen (secondary N) is 2. The number of hydrogen-bond acceptors (Lipinski definition) is 2. The fourth-order valence-corrected chi connectivity index (χ4v) is 3.76. The second kappa shape index (κ2) is 10.3. The summed E-state index contributed by atoms with van der Waals surface area (Å²) in [7, 11) is 1.69. The van der Waals surface area contributed by atoms with Crippen LogP contribution in [0.2, 0.25) is 0 Å². The summed E-state index contributed by atoms with van der Waals surface area (Å²) in [5.41, 5.74) is 0.327. The summed E-state index contributed by atoms with van der Waals surface area (Å²) in [4.78, 5) is 8.18. The number of aromatic nitrogens is 2. The number of nitrogens with zero attached hydrogens (tertiary/aromatic N) is 3. The van der Waals surface area contributed by atoms with E-state index in [0.717, 1.165) is 11.1 Å². The van der Waals surface area contributed by atoms with Crippen LogP contribution in [-0.4, -0.2) is 29.1 Å². The SMILES string of the molecule is CN=C(NCc1nccn1C(F)F)NCC1(CC(C)C)CCCC1.I. The molecule has 2 N–H and O–H groups in total. The van der Waals surface area contributed by atoms with Gasteiger partial charge in [0.05, 0.1) is 6.54 Å². The lowest BCUT2D eigenvalue weighted by molar-refractivity contribution is 0.0668. The van der Waals surface area contributed by atoms with Crippen LogP contribution < -0.4 is 10.6 Å². The second-order valence-corrected chi connectivity index (χ2v) is 7.11. The summed E-state index contributed by atoms with van der Waals surface area (Å²) >= 11 is 0. The highest BCUT2D eigenvalue weighted by molar-refractivity contribution is 14.0. The smallest absolute Gasteiger partial charge is 0.319 e. The van der Waals surface area contributed by atoms with Crippen LogP contribution in [-0.2, 0) is 6.54 Å². The van der Waals surface area contributed by atoms with Gasteiger partial charge < -0.3 is 10.6 Å². The van der Waals surface area contributed by atoms with E-state index in [0.29, 0.717) is 23.1 Å². The van der Waals surface area contributed by atoms with Crippen LogP contribution in [0.15, 0.2) is 17.4 Å². The molecule has 5 nitrogen and oxygen atoms in total. The van der Waals surface area contributed by atoms with E-state index in [1.807, 2.05) is 0 Å². The summed E-state index contributed by atoms with van der Waals surface area (Å²) in [5, 5.41) is 6.47. The molecule has 0 atom stereocenters. The van der Waals surface area contributed by atoms with Crippen LogP contribution >= 0.6 is 24.0 Å². The van der Waals surface area contributed by atoms with Crippen molar-refractivity contribution in [1.29, 1.82) is 0 Å². The van der Waals surface area contributed by atoms with Crippen molar-refractivity contribution in [1.82, 2.24) is 20.2 Å². The molecule has 0 saturated heterocycles. The topological polar surface area (TPSA) is 54.2 Å². The van der Waals surface area contributed by atoms with Crippen molar-refractivity contribution in [3.05, 3.63) is 18.2 Å². The van der Waals surface area contributed by atoms with Gasteiger partial charge in [0.15, 0.2) is 5.96 Å². The van der Waals surface area contributed by atoms with Gasteiger partial charge in [-0.3, -0.25) is 9.56 Å². The van der Waals surface area contributed by atoms with Crippen molar-refractivity contribution in [2.45, 2.75) is 59.0 Å². The van der Waals surface area contributed by atoms with E-state index in [-0.39, 0.29) is 30.5 Å². The van der Waals surface area contributed by atoms with Crippen LogP contribution in [0.3, 0.4) is 0 Å². The lowest BCUT2D eigenvalue weighted by Gasteiger charge is -2.31. The molecule has 1 heterocycles. The van der Waals surface area contributed by atoms with Crippen molar-refractivity contribution < 1.29 is 8.78 Å². The van der Waals surface area contributed by atoms with Crippen molar-refractivity contribution in [2.24, 2.45) is 16.3 Å². The molecule has 0 aliphatic heterocycles. The molecule has 0 spiro atoms. The summed E-state index contributed by atoms with van der Waals surface area (Å²) in [6.45, 7) is 3.03. The average Bonchev–Trinajstić information content (AvgIpc) is 3.16. The number of halogens is 3. The summed E-state index contributed by atoms with van der Waals surface area (Å²) in [6, 6.07) is 0. The van der Waals surface area contributed by atoms with Crippen LogP contribution in [0.25, 0.3) is 0 Å². The molecule has 0 amide bonds. The maximum absolute atomic E-state index is 12.8. The molecule has 1 fully saturated rings. The highest BCUT2D eigenvalue weighted by Crippen LogP contribution is 2.42. The van der Waals surface area contributed by atoms with Crippen molar-refractivity contribution >= 4 is 29.9 Å². The lowest BCUT2D eigenvalue weighted by Crippen LogP contribution is -2.43. The van der Waals surface area contributed by atoms with Crippen molar-refractivity contribution in [2.75, 3.05) is 13.6 Å². The normalized spacial score (nSPS) is 17.0. The van der Waals surface area contributed by atoms with Gasteiger partial charge in [-0.05, 0) is 30.6 Å². The highest BCUT2D eigenvalue weighted by Gasteiger charge is 2.34. The Bertz CT molecular complexity index is 539. The molecular weight excluding hydrogens is 439 g/mol. The first kappa shape index (κ1) is 22.1. The molecule has 144 valence electrons. The van der Waals surface area contributed by atoms with Gasteiger partial charge in [-0.2, -0.15) is 8.78 Å². The summed E-state index contributed by atoms with van der Waals surface area (Å²) < 4.78 is 26.5. The zero-order valence-electron chi connectivity index (χ0n) is 15.3. The maximum atomic E-state index is 12.8. The van der Waals surface area contributed by atoms with Crippen molar-refractivity contribution in [3.8, 4) is 0 Å². The van der Waals surface area contributed by atoms with E-state index in [9.17, 15) is 8.78 Å². The standard InChI is InChI=1S/C17H29F2N5.HI/c1-13(2)10-17(6-4-5-7-17)12-23-16(20-3)22-11-14-21-8-9-24(14)15(18)19;/h8-9,13,15H,4-7,10-12H2,1-3H3,(H2,20,22,23);1H. The van der Waals surface area contributed by atoms with Gasteiger partial charge in [-0.15, -0.1) is 24.0 Å². The fraction of sp³-hybridized carbons (Fsp3) is 0.765. The predicted octanol–water partition coefficient (Wildman–Crippen LogP) is 4.17. The molecule has 1 aliphatic carbocycles. The predicted molar refractivity (Wildman–Crippen MR) is 107 cm³/mol. The Hall–Kier alpha value is -0.930. The third kappa shape index (κ3) is 6.38. The number of guanidine groups is 1. The molecular formula is C17H30F2IN5. The minimum atomic E-state index is -2.58. The van der Waals surface area contributed by atoms with Gasteiger partial charge in [-0.25, -0.2) is 4.98 Å². The zero-order valence-corrected chi connectivity index (χ0v) is 17.6. The van der Waals surface area contributed by atoms with E-state index >= 15 is 0 Å². The Labute approximate surface area is 166 Å². The van der Waals surface area contributed by atoms with Gasteiger partial charge in [0.2, 0.25) is 0 Å². The van der Waals surface area contributed by atoms with Crippen LogP contribution in [0, 0.1) is 11.3 Å². The summed E-state index contributed by atoms with van der Waals surface area (Å²) in [6.07, 6.45) is 8.92. The molecule has 1 aliphatic rings. The minimum absolute atomic E-state index is 0. The first-order valence-electron chi connectivity index (χ1n) is 8.70. The van der Waals surface area contributed by atoms with E-state index in [1.165, 1.54) is 44.5 Å². The quantitative estimate of drug-likeness (QED) is 0.358. The Morgan fingerprint density at radius 2 is 2.00 bits per heavy atom. The Morgan fingerprint density at radius 3 is 2.56 bits per heavy atom. The zero-order chi connectivity index (χ0) is 17.6. The largest absolute Gasteiger partial charge is 0.356 e. The third-order valence-electron chi connectivity index (χ3n) is 4.73. The van der Waals surface area contributed by atoms with Gasteiger partial charge in [0.25, 0.3) is 0 Å². The van der Waals surface area contributed by atoms with Gasteiger partial charge in [-0.1, -0.05) is 26.7 Å². The maximum Gasteiger partial charge on any atom is 0.319 e. The van der Waals surface area contributed by atoms with E-state index in [2.05, 4.69) is 34.5 Å². The number of alkyl halides is 2. The summed E-state index contributed by atoms with van der Waals surface area (Å²) in [5.74, 6) is 1.60. The number of aliphatic imine (C=N–C) groups is 1. The van der Waals surface area contributed by atoms with Gasteiger partial charge >= 0.3 is 6.55 Å². The van der Waals surface area contributed by atoms with Crippen LogP contribution in [0.4, 0.5) is 8.78 Å². The van der Waals surface area contributed by atoms with E-state index in [4.69, 9.17) is 0 Å². The van der Waals surface area contributed by atoms with Crippen molar-refractivity contribution in [3.63, 3.8) is 0 Å². The lowest BCUT2D eigenvalue weighted by atomic mass is 9.78. The molecule has 8 heteroatoms. The van der Waals surface area contributed by atoms with Gasteiger partial charge in [0.1, 0.15) is 5.82 Å². The number of imidazole rings is 1. The average molecular weight is 469 g/mol. The first-order chi connectivity index (χ1) is 11.5. The van der Waals surface area contributed by atoms with Crippen LogP contribution in [0.1, 0.15) is 58.3 Å². The molecule has 1 aromatic heterocycles. The second-order valence-electron chi connectivity index (χ2n) is 7.11. The Kier molecular flexibility index (Phi) is 9.09. The number of hydrogen-bond donors (Lipinski definition) is 2.